The fourth-order valence-corrected chi connectivity index (χ4v) is 3.61. The number of anilines is 2. The molecule has 1 aromatic carbocycles. The average molecular weight is 403 g/mol. The molecule has 0 fully saturated rings. The first-order chi connectivity index (χ1) is 14.7. The van der Waals surface area contributed by atoms with Crippen LogP contribution < -0.4 is 10.6 Å². The molecule has 7 nitrogen and oxygen atoms in total. The summed E-state index contributed by atoms with van der Waals surface area (Å²) in [7, 11) is 0. The number of carbonyl (C=O) groups is 1. The second-order valence-electron chi connectivity index (χ2n) is 7.41. The standard InChI is InChI=1S/C23H25N5O2/c29-21(16-28-12-8-17-3-1-2-4-19(17)15-28)14-26-23(30)18-5-11-25-22(13-18)27-20-6-9-24-10-7-20/h1-7,9-11,13,21,29H,8,12,14-16H2,(H,26,30)(H,24,25,27). The molecule has 154 valence electrons. The van der Waals surface area contributed by atoms with E-state index in [1.54, 1.807) is 30.7 Å². The predicted molar refractivity (Wildman–Crippen MR) is 116 cm³/mol. The van der Waals surface area contributed by atoms with E-state index in [2.05, 4.69) is 43.7 Å². The van der Waals surface area contributed by atoms with Gasteiger partial charge in [0, 0.05) is 56.0 Å². The number of carbonyl (C=O) groups excluding carboxylic acids is 1. The molecule has 1 amide bonds. The Labute approximate surface area is 175 Å². The maximum atomic E-state index is 12.5. The second kappa shape index (κ2) is 9.47. The van der Waals surface area contributed by atoms with E-state index in [1.165, 1.54) is 11.1 Å². The Balaban J connectivity index is 1.28. The van der Waals surface area contributed by atoms with Crippen molar-refractivity contribution in [3.8, 4) is 0 Å². The van der Waals surface area contributed by atoms with Crippen LogP contribution in [-0.2, 0) is 13.0 Å². The Kier molecular flexibility index (Phi) is 6.32. The number of hydrogen-bond donors (Lipinski definition) is 3. The molecular weight excluding hydrogens is 378 g/mol. The molecule has 3 aromatic rings. The molecule has 1 aliphatic heterocycles. The van der Waals surface area contributed by atoms with E-state index in [0.717, 1.165) is 25.2 Å². The molecular formula is C23H25N5O2. The first-order valence-electron chi connectivity index (χ1n) is 10.1. The van der Waals surface area contributed by atoms with E-state index in [0.29, 0.717) is 17.9 Å². The van der Waals surface area contributed by atoms with Crippen LogP contribution in [0.5, 0.6) is 0 Å². The lowest BCUT2D eigenvalue weighted by atomic mass is 10.00. The highest BCUT2D eigenvalue weighted by molar-refractivity contribution is 5.94. The zero-order chi connectivity index (χ0) is 20.8. The summed E-state index contributed by atoms with van der Waals surface area (Å²) in [4.78, 5) is 22.9. The fourth-order valence-electron chi connectivity index (χ4n) is 3.61. The van der Waals surface area contributed by atoms with Gasteiger partial charge in [0.25, 0.3) is 5.91 Å². The molecule has 3 N–H and O–H groups in total. The van der Waals surface area contributed by atoms with E-state index in [-0.39, 0.29) is 12.5 Å². The normalized spacial score (nSPS) is 14.6. The molecule has 4 rings (SSSR count). The third-order valence-electron chi connectivity index (χ3n) is 5.15. The van der Waals surface area contributed by atoms with Crippen LogP contribution in [0.4, 0.5) is 11.5 Å². The van der Waals surface area contributed by atoms with E-state index < -0.39 is 6.10 Å². The number of nitrogens with zero attached hydrogens (tertiary/aromatic N) is 3. The molecule has 0 saturated carbocycles. The summed E-state index contributed by atoms with van der Waals surface area (Å²) >= 11 is 0. The molecule has 30 heavy (non-hydrogen) atoms. The number of rotatable bonds is 7. The van der Waals surface area contributed by atoms with Crippen molar-refractivity contribution in [1.29, 1.82) is 0 Å². The molecule has 1 unspecified atom stereocenters. The van der Waals surface area contributed by atoms with Gasteiger partial charge in [-0.25, -0.2) is 4.98 Å². The Morgan fingerprint density at radius 3 is 2.73 bits per heavy atom. The van der Waals surface area contributed by atoms with Crippen molar-refractivity contribution in [3.05, 3.63) is 83.8 Å². The third kappa shape index (κ3) is 5.20. The van der Waals surface area contributed by atoms with Crippen molar-refractivity contribution in [2.75, 3.05) is 25.0 Å². The van der Waals surface area contributed by atoms with Gasteiger partial charge >= 0.3 is 0 Å². The summed E-state index contributed by atoms with van der Waals surface area (Å²) in [6.07, 6.45) is 5.30. The van der Waals surface area contributed by atoms with Gasteiger partial charge in [0.1, 0.15) is 5.82 Å². The van der Waals surface area contributed by atoms with E-state index >= 15 is 0 Å². The molecule has 7 heteroatoms. The van der Waals surface area contributed by atoms with Gasteiger partial charge < -0.3 is 15.7 Å². The number of amides is 1. The number of aliphatic hydroxyl groups is 1. The molecule has 0 saturated heterocycles. The molecule has 0 aliphatic carbocycles. The number of β-amino-alcohol motifs (C(OH)–C–C–N with tert-alkyl or cyclic N) is 1. The van der Waals surface area contributed by atoms with Gasteiger partial charge in [0.2, 0.25) is 0 Å². The smallest absolute Gasteiger partial charge is 0.251 e. The zero-order valence-corrected chi connectivity index (χ0v) is 16.7. The van der Waals surface area contributed by atoms with Gasteiger partial charge in [0.15, 0.2) is 0 Å². The lowest BCUT2D eigenvalue weighted by Crippen LogP contribution is -2.42. The Bertz CT molecular complexity index is 996. The maximum Gasteiger partial charge on any atom is 0.251 e. The van der Waals surface area contributed by atoms with Crippen LogP contribution in [0, 0.1) is 0 Å². The van der Waals surface area contributed by atoms with Crippen molar-refractivity contribution in [1.82, 2.24) is 20.2 Å². The van der Waals surface area contributed by atoms with Crippen LogP contribution in [0.25, 0.3) is 0 Å². The largest absolute Gasteiger partial charge is 0.390 e. The lowest BCUT2D eigenvalue weighted by Gasteiger charge is -2.30. The zero-order valence-electron chi connectivity index (χ0n) is 16.7. The molecule has 3 heterocycles. The van der Waals surface area contributed by atoms with Crippen LogP contribution >= 0.6 is 0 Å². The number of pyridine rings is 2. The molecule has 0 bridgehead atoms. The molecule has 0 radical (unpaired) electrons. The van der Waals surface area contributed by atoms with E-state index in [1.807, 2.05) is 18.2 Å². The van der Waals surface area contributed by atoms with Gasteiger partial charge in [0.05, 0.1) is 6.10 Å². The minimum absolute atomic E-state index is 0.201. The highest BCUT2D eigenvalue weighted by Crippen LogP contribution is 2.18. The molecule has 1 aliphatic rings. The minimum atomic E-state index is -0.629. The first kappa shape index (κ1) is 20.0. The van der Waals surface area contributed by atoms with Crippen LogP contribution in [0.3, 0.4) is 0 Å². The number of hydrogen-bond acceptors (Lipinski definition) is 6. The van der Waals surface area contributed by atoms with Gasteiger partial charge in [-0.3, -0.25) is 14.7 Å². The fraction of sp³-hybridized carbons (Fsp3) is 0.261. The van der Waals surface area contributed by atoms with Crippen LogP contribution in [0.1, 0.15) is 21.5 Å². The Hall–Kier alpha value is -3.29. The summed E-state index contributed by atoms with van der Waals surface area (Å²) in [6.45, 7) is 2.47. The van der Waals surface area contributed by atoms with Gasteiger partial charge in [-0.05, 0) is 41.8 Å². The van der Waals surface area contributed by atoms with Crippen molar-refractivity contribution in [2.45, 2.75) is 19.1 Å². The Morgan fingerprint density at radius 1 is 1.10 bits per heavy atom. The number of aromatic nitrogens is 2. The van der Waals surface area contributed by atoms with Crippen LogP contribution in [0.15, 0.2) is 67.1 Å². The summed E-state index contributed by atoms with van der Waals surface area (Å²) in [5, 5.41) is 16.4. The molecule has 2 aromatic heterocycles. The van der Waals surface area contributed by atoms with Gasteiger partial charge in [-0.15, -0.1) is 0 Å². The monoisotopic (exact) mass is 403 g/mol. The average Bonchev–Trinajstić information content (AvgIpc) is 2.78. The molecule has 0 spiro atoms. The van der Waals surface area contributed by atoms with Crippen molar-refractivity contribution in [3.63, 3.8) is 0 Å². The predicted octanol–water partition coefficient (Wildman–Crippen LogP) is 2.37. The Morgan fingerprint density at radius 2 is 1.90 bits per heavy atom. The number of benzene rings is 1. The summed E-state index contributed by atoms with van der Waals surface area (Å²) in [5.41, 5.74) is 4.02. The first-order valence-corrected chi connectivity index (χ1v) is 10.1. The van der Waals surface area contributed by atoms with Gasteiger partial charge in [-0.1, -0.05) is 24.3 Å². The van der Waals surface area contributed by atoms with Crippen molar-refractivity contribution in [2.24, 2.45) is 0 Å². The highest BCUT2D eigenvalue weighted by Gasteiger charge is 2.19. The number of nitrogens with one attached hydrogen (secondary N) is 2. The number of fused-ring (bicyclic) bond motifs is 1. The highest BCUT2D eigenvalue weighted by atomic mass is 16.3. The summed E-state index contributed by atoms with van der Waals surface area (Å²) < 4.78 is 0. The van der Waals surface area contributed by atoms with E-state index in [4.69, 9.17) is 0 Å². The SMILES string of the molecule is O=C(NCC(O)CN1CCc2ccccc2C1)c1ccnc(Nc2ccncc2)c1. The van der Waals surface area contributed by atoms with E-state index in [9.17, 15) is 9.90 Å². The topological polar surface area (TPSA) is 90.4 Å². The third-order valence-corrected chi connectivity index (χ3v) is 5.15. The van der Waals surface area contributed by atoms with Gasteiger partial charge in [-0.2, -0.15) is 0 Å². The van der Waals surface area contributed by atoms with Crippen molar-refractivity contribution >= 4 is 17.4 Å². The number of aliphatic hydroxyl groups excluding tert-OH is 1. The summed E-state index contributed by atoms with van der Waals surface area (Å²) in [6, 6.07) is 15.4. The summed E-state index contributed by atoms with van der Waals surface area (Å²) in [5.74, 6) is 0.333. The van der Waals surface area contributed by atoms with Crippen molar-refractivity contribution < 1.29 is 9.90 Å². The van der Waals surface area contributed by atoms with Crippen LogP contribution in [0.2, 0.25) is 0 Å². The minimum Gasteiger partial charge on any atom is -0.390 e. The quantitative estimate of drug-likeness (QED) is 0.561. The van der Waals surface area contributed by atoms with Crippen LogP contribution in [-0.4, -0.2) is 51.6 Å². The lowest BCUT2D eigenvalue weighted by molar-refractivity contribution is 0.0842. The maximum absolute atomic E-state index is 12.5. The second-order valence-corrected chi connectivity index (χ2v) is 7.41. The molecule has 1 atom stereocenters.